The summed E-state index contributed by atoms with van der Waals surface area (Å²) in [4.78, 5) is 7.03. The molecule has 4 aliphatic rings. The molecular weight excluding hydrogens is 367 g/mol. The van der Waals surface area contributed by atoms with Crippen LogP contribution in [0.4, 0.5) is 10.1 Å². The van der Waals surface area contributed by atoms with Gasteiger partial charge in [-0.05, 0) is 31.0 Å². The van der Waals surface area contributed by atoms with E-state index in [0.717, 1.165) is 65.0 Å². The molecule has 5 nitrogen and oxygen atoms in total. The molecule has 6 heteroatoms. The Labute approximate surface area is 168 Å². The smallest absolute Gasteiger partial charge is 0.147 e. The van der Waals surface area contributed by atoms with Gasteiger partial charge in [0.05, 0.1) is 24.0 Å². The van der Waals surface area contributed by atoms with Gasteiger partial charge in [-0.25, -0.2) is 9.37 Å². The molecule has 3 heterocycles. The molecule has 0 spiro atoms. The highest BCUT2D eigenvalue weighted by atomic mass is 19.1. The van der Waals surface area contributed by atoms with Crippen molar-refractivity contribution in [2.45, 2.75) is 18.9 Å². The van der Waals surface area contributed by atoms with Gasteiger partial charge in [0, 0.05) is 54.8 Å². The SMILES string of the molecule is COc1cccc2c3cn(C4CC4)c4cc(N5CCNCC5)c(F)cc4c-3nc12. The normalized spacial score (nSPS) is 17.5. The summed E-state index contributed by atoms with van der Waals surface area (Å²) < 4.78 is 23.1. The minimum Gasteiger partial charge on any atom is -0.494 e. The number of ether oxygens (including phenoxy) is 1. The first kappa shape index (κ1) is 17.0. The van der Waals surface area contributed by atoms with Crippen molar-refractivity contribution in [3.63, 3.8) is 0 Å². The van der Waals surface area contributed by atoms with Gasteiger partial charge in [-0.15, -0.1) is 0 Å². The van der Waals surface area contributed by atoms with Gasteiger partial charge in [0.25, 0.3) is 0 Å². The number of anilines is 1. The molecule has 1 aliphatic carbocycles. The lowest BCUT2D eigenvalue weighted by Gasteiger charge is -2.30. The zero-order valence-electron chi connectivity index (χ0n) is 16.4. The van der Waals surface area contributed by atoms with Crippen molar-refractivity contribution in [1.29, 1.82) is 0 Å². The summed E-state index contributed by atoms with van der Waals surface area (Å²) in [5, 5.41) is 5.28. The molecule has 0 radical (unpaired) electrons. The van der Waals surface area contributed by atoms with Crippen LogP contribution in [0.2, 0.25) is 0 Å². The standard InChI is InChI=1S/C23H23FN4O/c1-29-21-4-2-3-15-17-13-28(14-5-6-14)19-12-20(27-9-7-25-8-10-27)18(24)11-16(19)22(17)26-23(15)21/h2-4,11-14,25H,5-10H2,1H3. The summed E-state index contributed by atoms with van der Waals surface area (Å²) in [6.45, 7) is 3.41. The van der Waals surface area contributed by atoms with E-state index in [0.29, 0.717) is 11.7 Å². The van der Waals surface area contributed by atoms with Crippen molar-refractivity contribution in [1.82, 2.24) is 14.9 Å². The molecule has 0 aromatic heterocycles. The van der Waals surface area contributed by atoms with E-state index in [1.54, 1.807) is 13.2 Å². The zero-order chi connectivity index (χ0) is 19.5. The summed E-state index contributed by atoms with van der Waals surface area (Å²) in [5.74, 6) is 0.580. The average molecular weight is 390 g/mol. The number of rotatable bonds is 3. The van der Waals surface area contributed by atoms with Crippen LogP contribution < -0.4 is 15.0 Å². The van der Waals surface area contributed by atoms with Crippen LogP contribution in [0.1, 0.15) is 18.9 Å². The quantitative estimate of drug-likeness (QED) is 0.570. The van der Waals surface area contributed by atoms with E-state index in [1.165, 1.54) is 12.8 Å². The molecule has 3 aliphatic heterocycles. The van der Waals surface area contributed by atoms with Gasteiger partial charge in [0.1, 0.15) is 17.1 Å². The number of nitrogens with zero attached hydrogens (tertiary/aromatic N) is 3. The van der Waals surface area contributed by atoms with Crippen molar-refractivity contribution < 1.29 is 9.13 Å². The molecule has 0 atom stereocenters. The van der Waals surface area contributed by atoms with Crippen LogP contribution in [0, 0.1) is 5.82 Å². The summed E-state index contributed by atoms with van der Waals surface area (Å²) in [6, 6.07) is 10.2. The average Bonchev–Trinajstić information content (AvgIpc) is 3.53. The lowest BCUT2D eigenvalue weighted by atomic mass is 10.0. The van der Waals surface area contributed by atoms with Crippen molar-refractivity contribution >= 4 is 27.5 Å². The maximum atomic E-state index is 15.3. The molecule has 148 valence electrons. The van der Waals surface area contributed by atoms with E-state index in [2.05, 4.69) is 27.0 Å². The second kappa shape index (κ2) is 6.32. The van der Waals surface area contributed by atoms with Gasteiger partial charge in [-0.3, -0.25) is 0 Å². The lowest BCUT2D eigenvalue weighted by molar-refractivity contribution is 0.419. The van der Waals surface area contributed by atoms with Crippen LogP contribution in [0.15, 0.2) is 36.5 Å². The Bertz CT molecular complexity index is 1210. The first-order valence-electron chi connectivity index (χ1n) is 10.3. The van der Waals surface area contributed by atoms with Gasteiger partial charge in [0.15, 0.2) is 0 Å². The number of piperazine rings is 1. The summed E-state index contributed by atoms with van der Waals surface area (Å²) >= 11 is 0. The van der Waals surface area contributed by atoms with Gasteiger partial charge >= 0.3 is 0 Å². The van der Waals surface area contributed by atoms with E-state index in [4.69, 9.17) is 9.72 Å². The van der Waals surface area contributed by atoms with Gasteiger partial charge in [-0.2, -0.15) is 0 Å². The third kappa shape index (κ3) is 2.59. The molecule has 0 unspecified atom stereocenters. The van der Waals surface area contributed by atoms with Crippen LogP contribution in [0.3, 0.4) is 0 Å². The highest BCUT2D eigenvalue weighted by Crippen LogP contribution is 2.45. The Hall–Kier alpha value is -2.86. The number of pyridine rings is 1. The molecule has 1 saturated carbocycles. The third-order valence-corrected chi connectivity index (χ3v) is 6.25. The Morgan fingerprint density at radius 2 is 1.97 bits per heavy atom. The van der Waals surface area contributed by atoms with E-state index in [-0.39, 0.29) is 5.82 Å². The molecule has 6 rings (SSSR count). The van der Waals surface area contributed by atoms with Crippen molar-refractivity contribution in [2.75, 3.05) is 38.2 Å². The molecule has 0 bridgehead atoms. The lowest BCUT2D eigenvalue weighted by Crippen LogP contribution is -2.43. The fourth-order valence-electron chi connectivity index (χ4n) is 4.62. The Morgan fingerprint density at radius 1 is 1.14 bits per heavy atom. The molecule has 29 heavy (non-hydrogen) atoms. The molecule has 0 amide bonds. The predicted molar refractivity (Wildman–Crippen MR) is 114 cm³/mol. The van der Waals surface area contributed by atoms with Gasteiger partial charge in [0.2, 0.25) is 0 Å². The number of hydrogen-bond donors (Lipinski definition) is 1. The number of fused-ring (bicyclic) bond motifs is 5. The summed E-state index contributed by atoms with van der Waals surface area (Å²) in [7, 11) is 1.66. The minimum absolute atomic E-state index is 0.173. The number of nitrogens with one attached hydrogen (secondary N) is 1. The Balaban J connectivity index is 1.66. The highest BCUT2D eigenvalue weighted by Gasteiger charge is 2.29. The molecule has 2 aromatic carbocycles. The third-order valence-electron chi connectivity index (χ3n) is 6.25. The topological polar surface area (TPSA) is 42.3 Å². The van der Waals surface area contributed by atoms with Crippen LogP contribution in [0.5, 0.6) is 5.75 Å². The largest absolute Gasteiger partial charge is 0.494 e. The fraction of sp³-hybridized carbons (Fsp3) is 0.348. The van der Waals surface area contributed by atoms with Crippen LogP contribution in [-0.4, -0.2) is 42.8 Å². The molecule has 2 aromatic rings. The molecular formula is C23H23FN4O. The number of halogens is 1. The van der Waals surface area contributed by atoms with E-state index in [9.17, 15) is 0 Å². The summed E-state index contributed by atoms with van der Waals surface area (Å²) in [5.41, 5.74) is 4.51. The maximum Gasteiger partial charge on any atom is 0.147 e. The number of methoxy groups -OCH3 is 1. The van der Waals surface area contributed by atoms with Crippen LogP contribution in [0.25, 0.3) is 33.1 Å². The van der Waals surface area contributed by atoms with Crippen molar-refractivity contribution in [3.05, 3.63) is 42.3 Å². The molecule has 1 saturated heterocycles. The number of aromatic nitrogens is 2. The van der Waals surface area contributed by atoms with Crippen LogP contribution >= 0.6 is 0 Å². The zero-order valence-corrected chi connectivity index (χ0v) is 16.4. The first-order chi connectivity index (χ1) is 14.2. The van der Waals surface area contributed by atoms with Crippen molar-refractivity contribution in [3.8, 4) is 17.0 Å². The molecule has 1 N–H and O–H groups in total. The Morgan fingerprint density at radius 3 is 2.72 bits per heavy atom. The Kier molecular flexibility index (Phi) is 3.71. The van der Waals surface area contributed by atoms with E-state index in [1.807, 2.05) is 18.2 Å². The highest BCUT2D eigenvalue weighted by molar-refractivity contribution is 6.08. The number of para-hydroxylation sites is 1. The van der Waals surface area contributed by atoms with Crippen molar-refractivity contribution in [2.24, 2.45) is 0 Å². The fourth-order valence-corrected chi connectivity index (χ4v) is 4.62. The first-order valence-corrected chi connectivity index (χ1v) is 10.3. The summed E-state index contributed by atoms with van der Waals surface area (Å²) in [6.07, 6.45) is 4.55. The molecule has 2 fully saturated rings. The van der Waals surface area contributed by atoms with E-state index < -0.39 is 0 Å². The van der Waals surface area contributed by atoms with Gasteiger partial charge in [-0.1, -0.05) is 12.1 Å². The second-order valence-corrected chi connectivity index (χ2v) is 8.06. The number of benzene rings is 2. The predicted octanol–water partition coefficient (Wildman–Crippen LogP) is 4.19. The second-order valence-electron chi connectivity index (χ2n) is 8.06. The maximum absolute atomic E-state index is 15.3. The monoisotopic (exact) mass is 390 g/mol. The van der Waals surface area contributed by atoms with Gasteiger partial charge < -0.3 is 19.5 Å². The van der Waals surface area contributed by atoms with E-state index >= 15 is 4.39 Å². The minimum atomic E-state index is -0.173. The van der Waals surface area contributed by atoms with Crippen LogP contribution in [-0.2, 0) is 0 Å². The number of hydrogen-bond acceptors (Lipinski definition) is 4.